The van der Waals surface area contributed by atoms with Gasteiger partial charge in [-0.05, 0) is 24.3 Å². The first-order valence-electron chi connectivity index (χ1n) is 6.90. The van der Waals surface area contributed by atoms with Crippen LogP contribution in [-0.2, 0) is 6.54 Å². The number of benzene rings is 2. The molecule has 2 aromatic carbocycles. The van der Waals surface area contributed by atoms with Gasteiger partial charge >= 0.3 is 0 Å². The summed E-state index contributed by atoms with van der Waals surface area (Å²) in [5.41, 5.74) is 1.92. The Kier molecular flexibility index (Phi) is 3.88. The Morgan fingerprint density at radius 2 is 1.77 bits per heavy atom. The van der Waals surface area contributed by atoms with Crippen molar-refractivity contribution in [3.8, 4) is 40.9 Å². The van der Waals surface area contributed by atoms with Crippen LogP contribution < -0.4 is 4.74 Å². The number of terminal acetylenes is 1. The number of hydrogen-bond donors (Lipinski definition) is 0. The van der Waals surface area contributed by atoms with E-state index in [2.05, 4.69) is 16.0 Å². The minimum Gasteiger partial charge on any atom is -0.497 e. The van der Waals surface area contributed by atoms with Gasteiger partial charge in [0.25, 0.3) is 0 Å². The van der Waals surface area contributed by atoms with Crippen LogP contribution in [0.15, 0.2) is 54.6 Å². The largest absolute Gasteiger partial charge is 0.497 e. The highest BCUT2D eigenvalue weighted by Gasteiger charge is 2.12. The first-order chi connectivity index (χ1) is 10.8. The molecule has 0 atom stereocenters. The third kappa shape index (κ3) is 2.70. The molecule has 0 bridgehead atoms. The maximum absolute atomic E-state index is 5.44. The van der Waals surface area contributed by atoms with Crippen molar-refractivity contribution < 1.29 is 4.74 Å². The highest BCUT2D eigenvalue weighted by molar-refractivity contribution is 5.62. The van der Waals surface area contributed by atoms with E-state index in [0.717, 1.165) is 22.7 Å². The van der Waals surface area contributed by atoms with Gasteiger partial charge < -0.3 is 4.74 Å². The summed E-state index contributed by atoms with van der Waals surface area (Å²) in [6.45, 7) is 0.376. The Balaban J connectivity index is 2.05. The average molecular weight is 289 g/mol. The maximum atomic E-state index is 5.44. The molecular formula is C18H15N3O. The van der Waals surface area contributed by atoms with Crippen LogP contribution in [0.5, 0.6) is 5.75 Å². The molecule has 3 aromatic rings. The quantitative estimate of drug-likeness (QED) is 0.692. The Labute approximate surface area is 129 Å². The zero-order chi connectivity index (χ0) is 15.4. The molecule has 0 unspecified atom stereocenters. The van der Waals surface area contributed by atoms with Crippen molar-refractivity contribution in [1.29, 1.82) is 0 Å². The van der Waals surface area contributed by atoms with Gasteiger partial charge in [0, 0.05) is 11.1 Å². The fraction of sp³-hybridized carbons (Fsp3) is 0.111. The summed E-state index contributed by atoms with van der Waals surface area (Å²) in [6, 6.07) is 17.5. The Morgan fingerprint density at radius 1 is 1.05 bits per heavy atom. The fourth-order valence-corrected chi connectivity index (χ4v) is 2.20. The van der Waals surface area contributed by atoms with Crippen molar-refractivity contribution in [1.82, 2.24) is 14.8 Å². The normalized spacial score (nSPS) is 10.2. The second-order valence-corrected chi connectivity index (χ2v) is 4.72. The Morgan fingerprint density at radius 3 is 2.41 bits per heavy atom. The molecule has 4 nitrogen and oxygen atoms in total. The van der Waals surface area contributed by atoms with Gasteiger partial charge in [-0.15, -0.1) is 11.5 Å². The van der Waals surface area contributed by atoms with Gasteiger partial charge in [0.2, 0.25) is 0 Å². The van der Waals surface area contributed by atoms with E-state index in [4.69, 9.17) is 11.2 Å². The number of nitrogens with zero attached hydrogens (tertiary/aromatic N) is 3. The molecule has 108 valence electrons. The third-order valence-corrected chi connectivity index (χ3v) is 3.29. The fourth-order valence-electron chi connectivity index (χ4n) is 2.20. The lowest BCUT2D eigenvalue weighted by Gasteiger charge is -2.03. The molecular weight excluding hydrogens is 274 g/mol. The molecule has 3 rings (SSSR count). The van der Waals surface area contributed by atoms with Gasteiger partial charge in [0.05, 0.1) is 7.11 Å². The summed E-state index contributed by atoms with van der Waals surface area (Å²) >= 11 is 0. The summed E-state index contributed by atoms with van der Waals surface area (Å²) < 4.78 is 6.92. The van der Waals surface area contributed by atoms with Crippen molar-refractivity contribution >= 4 is 0 Å². The first kappa shape index (κ1) is 13.9. The number of methoxy groups -OCH3 is 1. The molecule has 1 heterocycles. The van der Waals surface area contributed by atoms with Gasteiger partial charge in [-0.1, -0.05) is 36.3 Å². The standard InChI is InChI=1S/C18H15N3O/c1-3-13-21-18(15-9-11-16(22-2)12-10-15)19-17(20-21)14-7-5-4-6-8-14/h1,4-12H,13H2,2H3. The van der Waals surface area contributed by atoms with Gasteiger partial charge in [-0.3, -0.25) is 0 Å². The highest BCUT2D eigenvalue weighted by atomic mass is 16.5. The number of hydrogen-bond acceptors (Lipinski definition) is 3. The second-order valence-electron chi connectivity index (χ2n) is 4.72. The number of ether oxygens (including phenoxy) is 1. The van der Waals surface area contributed by atoms with Crippen LogP contribution in [0.25, 0.3) is 22.8 Å². The molecule has 0 N–H and O–H groups in total. The van der Waals surface area contributed by atoms with E-state index in [1.54, 1.807) is 11.8 Å². The molecule has 4 heteroatoms. The van der Waals surface area contributed by atoms with Crippen LogP contribution in [0.2, 0.25) is 0 Å². The van der Waals surface area contributed by atoms with Gasteiger partial charge in [0.15, 0.2) is 11.6 Å². The first-order valence-corrected chi connectivity index (χ1v) is 6.90. The van der Waals surface area contributed by atoms with E-state index in [0.29, 0.717) is 12.4 Å². The molecule has 0 spiro atoms. The lowest BCUT2D eigenvalue weighted by Crippen LogP contribution is -2.01. The maximum Gasteiger partial charge on any atom is 0.181 e. The highest BCUT2D eigenvalue weighted by Crippen LogP contribution is 2.24. The molecule has 1 aromatic heterocycles. The molecule has 0 radical (unpaired) electrons. The molecule has 0 aliphatic rings. The van der Waals surface area contributed by atoms with E-state index in [9.17, 15) is 0 Å². The molecule has 0 saturated carbocycles. The number of aromatic nitrogens is 3. The van der Waals surface area contributed by atoms with Crippen molar-refractivity contribution in [2.24, 2.45) is 0 Å². The summed E-state index contributed by atoms with van der Waals surface area (Å²) in [4.78, 5) is 4.64. The van der Waals surface area contributed by atoms with Crippen LogP contribution in [0.1, 0.15) is 0 Å². The second kappa shape index (κ2) is 6.15. The summed E-state index contributed by atoms with van der Waals surface area (Å²) in [5.74, 6) is 4.84. The van der Waals surface area contributed by atoms with Gasteiger partial charge in [-0.2, -0.15) is 0 Å². The lowest BCUT2D eigenvalue weighted by atomic mass is 10.2. The summed E-state index contributed by atoms with van der Waals surface area (Å²) in [5, 5.41) is 4.52. The minimum absolute atomic E-state index is 0.376. The zero-order valence-electron chi connectivity index (χ0n) is 12.2. The third-order valence-electron chi connectivity index (χ3n) is 3.29. The van der Waals surface area contributed by atoms with Gasteiger partial charge in [0.1, 0.15) is 12.3 Å². The summed E-state index contributed by atoms with van der Waals surface area (Å²) in [7, 11) is 1.64. The van der Waals surface area contributed by atoms with Crippen LogP contribution in [-0.4, -0.2) is 21.9 Å². The minimum atomic E-state index is 0.376. The molecule has 0 saturated heterocycles. The molecule has 0 aliphatic heterocycles. The van der Waals surface area contributed by atoms with Crippen LogP contribution in [0.4, 0.5) is 0 Å². The van der Waals surface area contributed by atoms with E-state index < -0.39 is 0 Å². The van der Waals surface area contributed by atoms with E-state index in [-0.39, 0.29) is 0 Å². The Bertz CT molecular complexity index is 799. The van der Waals surface area contributed by atoms with Crippen molar-refractivity contribution in [2.45, 2.75) is 6.54 Å². The average Bonchev–Trinajstić information content (AvgIpc) is 3.00. The van der Waals surface area contributed by atoms with Crippen LogP contribution in [0.3, 0.4) is 0 Å². The molecule has 0 fully saturated rings. The molecule has 22 heavy (non-hydrogen) atoms. The lowest BCUT2D eigenvalue weighted by molar-refractivity contribution is 0.415. The van der Waals surface area contributed by atoms with Crippen molar-refractivity contribution in [2.75, 3.05) is 7.11 Å². The Hall–Kier alpha value is -3.06. The van der Waals surface area contributed by atoms with Gasteiger partial charge in [-0.25, -0.2) is 9.67 Å². The SMILES string of the molecule is C#CCn1nc(-c2ccccc2)nc1-c1ccc(OC)cc1. The number of rotatable bonds is 4. The topological polar surface area (TPSA) is 39.9 Å². The van der Waals surface area contributed by atoms with Crippen LogP contribution in [0, 0.1) is 12.3 Å². The van der Waals surface area contributed by atoms with Crippen molar-refractivity contribution in [3.05, 3.63) is 54.6 Å². The summed E-state index contributed by atoms with van der Waals surface area (Å²) in [6.07, 6.45) is 5.44. The van der Waals surface area contributed by atoms with E-state index in [1.165, 1.54) is 0 Å². The zero-order valence-corrected chi connectivity index (χ0v) is 12.2. The molecule has 0 amide bonds. The van der Waals surface area contributed by atoms with Crippen molar-refractivity contribution in [3.63, 3.8) is 0 Å². The predicted molar refractivity (Wildman–Crippen MR) is 86.3 cm³/mol. The smallest absolute Gasteiger partial charge is 0.181 e. The van der Waals surface area contributed by atoms with E-state index >= 15 is 0 Å². The van der Waals surface area contributed by atoms with Crippen LogP contribution >= 0.6 is 0 Å². The predicted octanol–water partition coefficient (Wildman–Crippen LogP) is 3.25. The molecule has 0 aliphatic carbocycles. The van der Waals surface area contributed by atoms with E-state index in [1.807, 2.05) is 54.6 Å². The monoisotopic (exact) mass is 289 g/mol.